The minimum atomic E-state index is -0.518. The average molecular weight is 387 g/mol. The number of ether oxygens (including phenoxy) is 1. The minimum Gasteiger partial charge on any atom is -0.495 e. The molecule has 0 spiro atoms. The number of nitrogens with zero attached hydrogens (tertiary/aromatic N) is 2. The van der Waals surface area contributed by atoms with Crippen LogP contribution in [0.1, 0.15) is 18.4 Å². The molecule has 0 atom stereocenters. The number of halogens is 1. The Hall–Kier alpha value is -3.00. The molecule has 0 aromatic heterocycles. The summed E-state index contributed by atoms with van der Waals surface area (Å²) < 4.78 is 19.0. The van der Waals surface area contributed by atoms with Gasteiger partial charge in [0, 0.05) is 30.2 Å². The van der Waals surface area contributed by atoms with Gasteiger partial charge in [-0.2, -0.15) is 0 Å². The van der Waals surface area contributed by atoms with E-state index in [0.29, 0.717) is 43.8 Å². The van der Waals surface area contributed by atoms with E-state index in [1.807, 2.05) is 6.07 Å². The van der Waals surface area contributed by atoms with Crippen molar-refractivity contribution < 1.29 is 18.8 Å². The minimum absolute atomic E-state index is 0.115. The van der Waals surface area contributed by atoms with E-state index in [9.17, 15) is 19.3 Å². The van der Waals surface area contributed by atoms with E-state index in [1.54, 1.807) is 12.1 Å². The molecular weight excluding hydrogens is 365 g/mol. The Balaban J connectivity index is 1.59. The molecule has 148 valence electrons. The molecule has 1 fully saturated rings. The molecule has 0 bridgehead atoms. The van der Waals surface area contributed by atoms with Gasteiger partial charge in [0.05, 0.1) is 17.7 Å². The van der Waals surface area contributed by atoms with Gasteiger partial charge in [0.2, 0.25) is 5.91 Å². The van der Waals surface area contributed by atoms with E-state index < -0.39 is 4.92 Å². The quantitative estimate of drug-likeness (QED) is 0.605. The van der Waals surface area contributed by atoms with Crippen molar-refractivity contribution in [3.05, 3.63) is 64.0 Å². The number of carbonyl (C=O) groups excluding carboxylic acids is 1. The van der Waals surface area contributed by atoms with Gasteiger partial charge < -0.3 is 10.1 Å². The number of rotatable bonds is 6. The number of benzene rings is 2. The largest absolute Gasteiger partial charge is 0.495 e. The maximum atomic E-state index is 13.8. The van der Waals surface area contributed by atoms with Crippen molar-refractivity contribution >= 4 is 17.3 Å². The van der Waals surface area contributed by atoms with Crippen molar-refractivity contribution in [3.8, 4) is 5.75 Å². The van der Waals surface area contributed by atoms with Crippen molar-refractivity contribution in [2.24, 2.45) is 5.92 Å². The topological polar surface area (TPSA) is 84.7 Å². The highest BCUT2D eigenvalue weighted by Crippen LogP contribution is 2.30. The van der Waals surface area contributed by atoms with Crippen LogP contribution in [0.4, 0.5) is 15.8 Å². The molecule has 8 heteroatoms. The molecular formula is C20H22FN3O4. The zero-order chi connectivity index (χ0) is 20.1. The maximum Gasteiger partial charge on any atom is 0.271 e. The summed E-state index contributed by atoms with van der Waals surface area (Å²) in [5.41, 5.74) is 0.818. The fourth-order valence-electron chi connectivity index (χ4n) is 3.36. The smallest absolute Gasteiger partial charge is 0.271 e. The van der Waals surface area contributed by atoms with E-state index in [2.05, 4.69) is 10.2 Å². The third-order valence-electron chi connectivity index (χ3n) is 4.96. The first-order chi connectivity index (χ1) is 13.5. The molecule has 1 saturated heterocycles. The Morgan fingerprint density at radius 1 is 1.29 bits per heavy atom. The van der Waals surface area contributed by atoms with E-state index in [0.717, 1.165) is 0 Å². The van der Waals surface area contributed by atoms with E-state index in [4.69, 9.17) is 4.74 Å². The molecule has 0 aliphatic carbocycles. The second-order valence-electron chi connectivity index (χ2n) is 6.77. The monoisotopic (exact) mass is 387 g/mol. The van der Waals surface area contributed by atoms with Crippen LogP contribution in [0, 0.1) is 21.8 Å². The first-order valence-electron chi connectivity index (χ1n) is 9.07. The number of nitrogens with one attached hydrogen (secondary N) is 1. The predicted octanol–water partition coefficient (Wildman–Crippen LogP) is 3.59. The summed E-state index contributed by atoms with van der Waals surface area (Å²) >= 11 is 0. The van der Waals surface area contributed by atoms with Crippen LogP contribution in [-0.4, -0.2) is 35.9 Å². The Morgan fingerprint density at radius 3 is 2.64 bits per heavy atom. The van der Waals surface area contributed by atoms with Crippen LogP contribution in [0.2, 0.25) is 0 Å². The number of hydrogen-bond donors (Lipinski definition) is 1. The molecule has 2 aromatic rings. The Kier molecular flexibility index (Phi) is 6.20. The summed E-state index contributed by atoms with van der Waals surface area (Å²) in [5, 5.41) is 13.7. The van der Waals surface area contributed by atoms with Crippen molar-refractivity contribution in [2.75, 3.05) is 25.5 Å². The maximum absolute atomic E-state index is 13.8. The van der Waals surface area contributed by atoms with Gasteiger partial charge in [-0.05, 0) is 38.1 Å². The number of nitro benzene ring substituents is 1. The normalized spacial score (nSPS) is 15.2. The standard InChI is InChI=1S/C20H22FN3O4/c1-28-19-7-6-16(24(26)27)12-18(19)22-20(25)14-8-10-23(11-9-14)13-15-4-2-3-5-17(15)21/h2-7,12,14H,8-11,13H2,1H3,(H,22,25). The second kappa shape index (κ2) is 8.79. The second-order valence-corrected chi connectivity index (χ2v) is 6.77. The van der Waals surface area contributed by atoms with E-state index in [-0.39, 0.29) is 29.0 Å². The van der Waals surface area contributed by atoms with Crippen molar-refractivity contribution in [2.45, 2.75) is 19.4 Å². The van der Waals surface area contributed by atoms with Crippen molar-refractivity contribution in [3.63, 3.8) is 0 Å². The number of nitro groups is 1. The summed E-state index contributed by atoms with van der Waals surface area (Å²) in [7, 11) is 1.44. The molecule has 1 N–H and O–H groups in total. The number of piperidine rings is 1. The number of hydrogen-bond acceptors (Lipinski definition) is 5. The van der Waals surface area contributed by atoms with Gasteiger partial charge in [-0.25, -0.2) is 4.39 Å². The summed E-state index contributed by atoms with van der Waals surface area (Å²) in [6, 6.07) is 10.8. The lowest BCUT2D eigenvalue weighted by atomic mass is 9.95. The Morgan fingerprint density at radius 2 is 2.00 bits per heavy atom. The molecule has 7 nitrogen and oxygen atoms in total. The number of methoxy groups -OCH3 is 1. The lowest BCUT2D eigenvalue weighted by Crippen LogP contribution is -2.38. The van der Waals surface area contributed by atoms with Crippen LogP contribution >= 0.6 is 0 Å². The van der Waals surface area contributed by atoms with Crippen LogP contribution in [0.5, 0.6) is 5.75 Å². The Labute approximate surface area is 162 Å². The molecule has 1 aliphatic rings. The van der Waals surface area contributed by atoms with Crippen LogP contribution in [0.25, 0.3) is 0 Å². The van der Waals surface area contributed by atoms with Gasteiger partial charge in [0.25, 0.3) is 5.69 Å². The zero-order valence-corrected chi connectivity index (χ0v) is 15.6. The summed E-state index contributed by atoms with van der Waals surface area (Å²) in [4.78, 5) is 25.2. The van der Waals surface area contributed by atoms with Gasteiger partial charge in [-0.1, -0.05) is 18.2 Å². The SMILES string of the molecule is COc1ccc([N+](=O)[O-])cc1NC(=O)C1CCN(Cc2ccccc2F)CC1. The third-order valence-corrected chi connectivity index (χ3v) is 4.96. The molecule has 0 radical (unpaired) electrons. The lowest BCUT2D eigenvalue weighted by Gasteiger charge is -2.31. The van der Waals surface area contributed by atoms with Crippen LogP contribution in [0.3, 0.4) is 0 Å². The van der Waals surface area contributed by atoms with Crippen molar-refractivity contribution in [1.29, 1.82) is 0 Å². The van der Waals surface area contributed by atoms with Crippen LogP contribution in [0.15, 0.2) is 42.5 Å². The number of carbonyl (C=O) groups is 1. The van der Waals surface area contributed by atoms with Gasteiger partial charge in [-0.3, -0.25) is 19.8 Å². The molecule has 3 rings (SSSR count). The summed E-state index contributed by atoms with van der Waals surface area (Å²) in [5.74, 6) is -0.249. The third kappa shape index (κ3) is 4.64. The number of anilines is 1. The molecule has 1 aliphatic heterocycles. The highest BCUT2D eigenvalue weighted by Gasteiger charge is 2.26. The molecule has 28 heavy (non-hydrogen) atoms. The number of non-ortho nitro benzene ring substituents is 1. The van der Waals surface area contributed by atoms with E-state index in [1.165, 1.54) is 31.4 Å². The van der Waals surface area contributed by atoms with Gasteiger partial charge in [-0.15, -0.1) is 0 Å². The lowest BCUT2D eigenvalue weighted by molar-refractivity contribution is -0.384. The molecule has 2 aromatic carbocycles. The number of amides is 1. The number of likely N-dealkylation sites (tertiary alicyclic amines) is 1. The predicted molar refractivity (Wildman–Crippen MR) is 103 cm³/mol. The van der Waals surface area contributed by atoms with E-state index >= 15 is 0 Å². The highest BCUT2D eigenvalue weighted by molar-refractivity contribution is 5.94. The van der Waals surface area contributed by atoms with Gasteiger partial charge >= 0.3 is 0 Å². The zero-order valence-electron chi connectivity index (χ0n) is 15.6. The average Bonchev–Trinajstić information content (AvgIpc) is 2.70. The summed E-state index contributed by atoms with van der Waals surface area (Å²) in [6.07, 6.45) is 1.27. The highest BCUT2D eigenvalue weighted by atomic mass is 19.1. The molecule has 0 unspecified atom stereocenters. The van der Waals surface area contributed by atoms with Crippen molar-refractivity contribution in [1.82, 2.24) is 4.90 Å². The fourth-order valence-corrected chi connectivity index (χ4v) is 3.36. The molecule has 1 amide bonds. The van der Waals surface area contributed by atoms with Gasteiger partial charge in [0.15, 0.2) is 0 Å². The van der Waals surface area contributed by atoms with Crippen LogP contribution in [-0.2, 0) is 11.3 Å². The summed E-state index contributed by atoms with van der Waals surface area (Å²) in [6.45, 7) is 1.87. The van der Waals surface area contributed by atoms with Gasteiger partial charge in [0.1, 0.15) is 11.6 Å². The fraction of sp³-hybridized carbons (Fsp3) is 0.350. The first kappa shape index (κ1) is 19.8. The molecule has 0 saturated carbocycles. The first-order valence-corrected chi connectivity index (χ1v) is 9.07. The molecule has 1 heterocycles. The Bertz CT molecular complexity index is 866. The van der Waals surface area contributed by atoms with Crippen LogP contribution < -0.4 is 10.1 Å².